The quantitative estimate of drug-likeness (QED) is 0.0734. The lowest BCUT2D eigenvalue weighted by atomic mass is 9.86. The van der Waals surface area contributed by atoms with Gasteiger partial charge in [-0.25, -0.2) is 14.0 Å². The van der Waals surface area contributed by atoms with Crippen LogP contribution in [0.15, 0.2) is 36.8 Å². The average molecular weight is 1330 g/mol. The monoisotopic (exact) mass is 1330 g/mol. The first kappa shape index (κ1) is 72.0. The Morgan fingerprint density at radius 1 is 0.438 bits per heavy atom. The van der Waals surface area contributed by atoms with E-state index in [4.69, 9.17) is 28.4 Å². The Morgan fingerprint density at radius 3 is 1.08 bits per heavy atom. The summed E-state index contributed by atoms with van der Waals surface area (Å²) >= 11 is 0. The van der Waals surface area contributed by atoms with Crippen molar-refractivity contribution in [3.8, 4) is 0 Å². The third-order valence-corrected chi connectivity index (χ3v) is 20.9. The maximum atomic E-state index is 12.8. The number of ether oxygens (including phenoxy) is 6. The highest BCUT2D eigenvalue weighted by Gasteiger charge is 2.52. The van der Waals surface area contributed by atoms with E-state index in [1.54, 1.807) is 10.7 Å². The molecule has 3 amide bonds. The number of nitrogens with zero attached hydrogens (tertiary/aromatic N) is 15. The van der Waals surface area contributed by atoms with Gasteiger partial charge in [-0.2, -0.15) is 15.3 Å². The van der Waals surface area contributed by atoms with Crippen molar-refractivity contribution < 1.29 is 42.8 Å². The van der Waals surface area contributed by atoms with Crippen LogP contribution in [0, 0.1) is 38.5 Å². The summed E-state index contributed by atoms with van der Waals surface area (Å²) in [6.45, 7) is 14.3. The fourth-order valence-corrected chi connectivity index (χ4v) is 15.7. The van der Waals surface area contributed by atoms with Crippen LogP contribution in [-0.4, -0.2) is 186 Å². The molecule has 6 aliphatic heterocycles. The molecule has 9 fully saturated rings. The van der Waals surface area contributed by atoms with Gasteiger partial charge in [-0.05, 0) is 89.3 Å². The molecular formula is C69H108N18O9. The van der Waals surface area contributed by atoms with Crippen LogP contribution in [0.3, 0.4) is 0 Å². The Hall–Kier alpha value is -6.78. The number of rotatable bonds is 18. The largest absolute Gasteiger partial charge is 0.371 e. The van der Waals surface area contributed by atoms with E-state index in [9.17, 15) is 14.4 Å². The second-order valence-electron chi connectivity index (χ2n) is 27.6. The number of nitrogens with one attached hydrogen (secondary N) is 3. The highest BCUT2D eigenvalue weighted by molar-refractivity contribution is 5.93. The van der Waals surface area contributed by atoms with E-state index in [-0.39, 0.29) is 113 Å². The molecule has 6 aromatic heterocycles. The van der Waals surface area contributed by atoms with Gasteiger partial charge in [0.25, 0.3) is 17.7 Å². The zero-order valence-corrected chi connectivity index (χ0v) is 55.1. The molecular weight excluding hydrogens is 1220 g/mol. The van der Waals surface area contributed by atoms with E-state index in [1.807, 2.05) is 70.3 Å². The molecule has 3 aliphatic carbocycles. The van der Waals surface area contributed by atoms with Gasteiger partial charge in [0, 0.05) is 55.8 Å². The van der Waals surface area contributed by atoms with Crippen molar-refractivity contribution in [1.29, 1.82) is 0 Å². The molecule has 6 saturated heterocycles. The lowest BCUT2D eigenvalue weighted by Gasteiger charge is -2.20. The minimum Gasteiger partial charge on any atom is -0.371 e. The third-order valence-electron chi connectivity index (χ3n) is 20.9. The smallest absolute Gasteiger partial charge is 0.272 e. The highest BCUT2D eigenvalue weighted by atomic mass is 16.6. The molecule has 6 aromatic rings. The summed E-state index contributed by atoms with van der Waals surface area (Å²) in [4.78, 5) is 38.0. The first-order chi connectivity index (χ1) is 45.3. The van der Waals surface area contributed by atoms with E-state index < -0.39 is 0 Å². The van der Waals surface area contributed by atoms with Gasteiger partial charge in [-0.3, -0.25) is 28.4 Å². The molecule has 528 valence electrons. The summed E-state index contributed by atoms with van der Waals surface area (Å²) in [5, 5.41) is 48.6. The van der Waals surface area contributed by atoms with Crippen molar-refractivity contribution in [3.05, 3.63) is 88.0 Å². The van der Waals surface area contributed by atoms with Crippen LogP contribution in [0.5, 0.6) is 0 Å². The van der Waals surface area contributed by atoms with Gasteiger partial charge in [0.15, 0.2) is 0 Å². The lowest BCUT2D eigenvalue weighted by Crippen LogP contribution is -2.44. The van der Waals surface area contributed by atoms with Crippen molar-refractivity contribution in [2.24, 2.45) is 24.8 Å². The van der Waals surface area contributed by atoms with Crippen LogP contribution < -0.4 is 16.0 Å². The number of aryl methyl sites for hydroxylation is 6. The fourth-order valence-electron chi connectivity index (χ4n) is 15.7. The molecule has 12 unspecified atom stereocenters. The van der Waals surface area contributed by atoms with E-state index in [0.717, 1.165) is 90.7 Å². The molecule has 27 nitrogen and oxygen atoms in total. The zero-order chi connectivity index (χ0) is 64.1. The van der Waals surface area contributed by atoms with Crippen LogP contribution >= 0.6 is 0 Å². The summed E-state index contributed by atoms with van der Waals surface area (Å²) < 4.78 is 47.4. The van der Waals surface area contributed by atoms with Crippen LogP contribution in [0.1, 0.15) is 223 Å². The van der Waals surface area contributed by atoms with Crippen LogP contribution in [0.4, 0.5) is 0 Å². The Morgan fingerprint density at radius 2 is 0.760 bits per heavy atom. The van der Waals surface area contributed by atoms with Crippen molar-refractivity contribution >= 4 is 17.7 Å². The SMILES string of the molecule is C.C.C.CCCn1nc(C(=O)NC2COC3C2OCC3n2cc(CC3CCCCC3)nn2)cc1C.CCn1nc(C(=O)NC2COC3C2OCC3n2cc(CC3CCCCC3)nn2)cc1C.Cc1cc(C(=O)NC2COC3C2OCC3n2cc(CC3CCCCC3)nn2)nn1C. The Bertz CT molecular complexity index is 3440. The zero-order valence-electron chi connectivity index (χ0n) is 55.1. The molecule has 12 heterocycles. The summed E-state index contributed by atoms with van der Waals surface area (Å²) in [5.41, 5.74) is 7.36. The van der Waals surface area contributed by atoms with Gasteiger partial charge in [-0.1, -0.05) is 141 Å². The van der Waals surface area contributed by atoms with E-state index >= 15 is 0 Å². The number of hydrogen-bond donors (Lipinski definition) is 3. The molecule has 12 atom stereocenters. The first-order valence-corrected chi connectivity index (χ1v) is 34.8. The maximum absolute atomic E-state index is 12.8. The number of carbonyl (C=O) groups is 3. The topological polar surface area (TPSA) is 288 Å². The first-order valence-electron chi connectivity index (χ1n) is 34.8. The van der Waals surface area contributed by atoms with Crippen molar-refractivity contribution in [2.75, 3.05) is 39.6 Å². The second kappa shape index (κ2) is 32.7. The van der Waals surface area contributed by atoms with Gasteiger partial charge < -0.3 is 44.4 Å². The molecule has 0 bridgehead atoms. The molecule has 3 N–H and O–H groups in total. The molecule has 0 radical (unpaired) electrons. The van der Waals surface area contributed by atoms with Crippen LogP contribution in [-0.2, 0) is 67.8 Å². The third kappa shape index (κ3) is 16.3. The minimum absolute atomic E-state index is 0. The standard InChI is InChI=1S/C23H34N6O3.C22H32N6O3.C21H30N6O3.3CH4/c1-3-9-28-15(2)10-18(26-28)23(30)24-19-13-31-22-20(14-32-21(19)22)29-12-17(25-27-29)11-16-7-5-4-6-8-16;1-3-27-14(2)9-17(25-27)22(29)23-18-12-30-21-19(13-31-20(18)21)28-11-16(24-26-28)10-15-7-5-4-6-8-15;1-13-8-16(24-26(13)2)21(28)22-17-11-29-20-18(12-30-19(17)20)27-10-15(23-25-27)9-14-6-4-3-5-7-14;;;/h10,12,16,19-22H,3-9,11,13-14H2,1-2H3,(H,24,30);9,11,15,18-21H,3-8,10,12-13H2,1-2H3,(H,23,29);8,10,14,17-20H,3-7,9,11-12H2,1-2H3,(H,22,28);3*1H4. The lowest BCUT2D eigenvalue weighted by molar-refractivity contribution is 0.0613. The number of fused-ring (bicyclic) bond motifs is 3. The molecule has 9 aliphatic rings. The van der Waals surface area contributed by atoms with Gasteiger partial charge in [0.05, 0.1) is 74.8 Å². The summed E-state index contributed by atoms with van der Waals surface area (Å²) in [7, 11) is 1.83. The van der Waals surface area contributed by atoms with Crippen LogP contribution in [0.2, 0.25) is 0 Å². The molecule has 0 spiro atoms. The number of hydrogen-bond acceptors (Lipinski definition) is 18. The molecule has 3 saturated carbocycles. The number of carbonyl (C=O) groups excluding carboxylic acids is 3. The van der Waals surface area contributed by atoms with E-state index in [1.165, 1.54) is 96.3 Å². The number of amides is 3. The Kier molecular flexibility index (Phi) is 24.5. The van der Waals surface area contributed by atoms with Crippen molar-refractivity contribution in [3.63, 3.8) is 0 Å². The van der Waals surface area contributed by atoms with Gasteiger partial charge in [-0.15, -0.1) is 15.3 Å². The predicted molar refractivity (Wildman–Crippen MR) is 358 cm³/mol. The summed E-state index contributed by atoms with van der Waals surface area (Å²) in [5.74, 6) is 1.62. The van der Waals surface area contributed by atoms with Crippen LogP contribution in [0.25, 0.3) is 0 Å². The minimum atomic E-state index is -0.199. The van der Waals surface area contributed by atoms with Gasteiger partial charge >= 0.3 is 0 Å². The van der Waals surface area contributed by atoms with Crippen molar-refractivity contribution in [2.45, 2.75) is 265 Å². The van der Waals surface area contributed by atoms with Gasteiger partial charge in [0.1, 0.15) is 71.8 Å². The van der Waals surface area contributed by atoms with Crippen molar-refractivity contribution in [1.82, 2.24) is 90.3 Å². The average Bonchev–Trinajstić information content (AvgIpc) is 1.64. The highest BCUT2D eigenvalue weighted by Crippen LogP contribution is 2.38. The van der Waals surface area contributed by atoms with E-state index in [2.05, 4.69) is 87.7 Å². The summed E-state index contributed by atoms with van der Waals surface area (Å²) in [6, 6.07) is 4.81. The fraction of sp³-hybridized carbons (Fsp3) is 0.739. The predicted octanol–water partition coefficient (Wildman–Crippen LogP) is 8.00. The van der Waals surface area contributed by atoms with E-state index in [0.29, 0.717) is 56.7 Å². The maximum Gasteiger partial charge on any atom is 0.272 e. The molecule has 96 heavy (non-hydrogen) atoms. The summed E-state index contributed by atoms with van der Waals surface area (Å²) in [6.07, 6.45) is 29.0. The normalized spacial score (nSPS) is 27.8. The molecule has 0 aromatic carbocycles. The molecule has 15 rings (SSSR count). The molecule has 27 heteroatoms. The van der Waals surface area contributed by atoms with Gasteiger partial charge in [0.2, 0.25) is 0 Å². The Labute approximate surface area is 565 Å². The number of aromatic nitrogens is 15. The second-order valence-corrected chi connectivity index (χ2v) is 27.6. The Balaban J connectivity index is 0.000000154.